The Labute approximate surface area is 186 Å². The number of sulfonamides is 1. The third kappa shape index (κ3) is 5.08. The Hall–Kier alpha value is -2.56. The third-order valence-corrected chi connectivity index (χ3v) is 7.74. The first-order valence-corrected chi connectivity index (χ1v) is 12.1. The van der Waals surface area contributed by atoms with Gasteiger partial charge in [0.25, 0.3) is 0 Å². The van der Waals surface area contributed by atoms with Crippen LogP contribution in [0.25, 0.3) is 0 Å². The summed E-state index contributed by atoms with van der Waals surface area (Å²) in [6.45, 7) is 3.33. The normalized spacial score (nSPS) is 18.1. The fourth-order valence-corrected chi connectivity index (χ4v) is 5.48. The maximum absolute atomic E-state index is 13.4. The topological polar surface area (TPSA) is 73.0 Å². The van der Waals surface area contributed by atoms with E-state index in [1.54, 1.807) is 0 Å². The predicted octanol–water partition coefficient (Wildman–Crippen LogP) is 2.51. The second-order valence-electron chi connectivity index (χ2n) is 8.05. The Morgan fingerprint density at radius 1 is 0.875 bits per heavy atom. The van der Waals surface area contributed by atoms with Crippen molar-refractivity contribution in [1.82, 2.24) is 9.21 Å². The van der Waals surface area contributed by atoms with Gasteiger partial charge in [0.05, 0.1) is 11.4 Å². The number of benzene rings is 2. The molecule has 172 valence electrons. The quantitative estimate of drug-likeness (QED) is 0.711. The molecule has 2 aliphatic rings. The molecule has 1 N–H and O–H groups in total. The van der Waals surface area contributed by atoms with Crippen LogP contribution < -0.4 is 10.2 Å². The van der Waals surface area contributed by atoms with Crippen LogP contribution in [0.4, 0.5) is 20.2 Å². The summed E-state index contributed by atoms with van der Waals surface area (Å²) in [6, 6.07) is 10.3. The molecule has 0 spiro atoms. The minimum atomic E-state index is -3.92. The lowest BCUT2D eigenvalue weighted by atomic mass is 10.2. The summed E-state index contributed by atoms with van der Waals surface area (Å²) in [4.78, 5) is 16.3. The lowest BCUT2D eigenvalue weighted by Crippen LogP contribution is -2.50. The smallest absolute Gasteiger partial charge is 0.243 e. The fourth-order valence-electron chi connectivity index (χ4n) is 4.05. The molecule has 0 aliphatic carbocycles. The molecular weight excluding hydrogens is 438 g/mol. The molecule has 32 heavy (non-hydrogen) atoms. The van der Waals surface area contributed by atoms with E-state index in [1.807, 2.05) is 29.2 Å². The molecule has 2 aliphatic heterocycles. The first kappa shape index (κ1) is 22.6. The summed E-state index contributed by atoms with van der Waals surface area (Å²) >= 11 is 0. The minimum Gasteiger partial charge on any atom is -0.372 e. The molecule has 2 aromatic carbocycles. The number of nitrogens with zero attached hydrogens (tertiary/aromatic N) is 3. The van der Waals surface area contributed by atoms with Gasteiger partial charge in [0.2, 0.25) is 15.9 Å². The van der Waals surface area contributed by atoms with Crippen molar-refractivity contribution in [3.8, 4) is 0 Å². The largest absolute Gasteiger partial charge is 0.372 e. The van der Waals surface area contributed by atoms with Gasteiger partial charge in [-0.3, -0.25) is 9.69 Å². The van der Waals surface area contributed by atoms with E-state index in [0.717, 1.165) is 36.6 Å². The van der Waals surface area contributed by atoms with Gasteiger partial charge in [-0.1, -0.05) is 0 Å². The first-order valence-electron chi connectivity index (χ1n) is 10.7. The van der Waals surface area contributed by atoms with Crippen LogP contribution in [0.3, 0.4) is 0 Å². The van der Waals surface area contributed by atoms with Crippen molar-refractivity contribution in [1.29, 1.82) is 0 Å². The maximum Gasteiger partial charge on any atom is 0.243 e. The average Bonchev–Trinajstić information content (AvgIpc) is 3.31. The van der Waals surface area contributed by atoms with Gasteiger partial charge in [-0.15, -0.1) is 0 Å². The van der Waals surface area contributed by atoms with Crippen LogP contribution >= 0.6 is 0 Å². The molecule has 0 atom stereocenters. The van der Waals surface area contributed by atoms with E-state index in [9.17, 15) is 22.0 Å². The van der Waals surface area contributed by atoms with Crippen molar-refractivity contribution in [2.75, 3.05) is 56.0 Å². The molecular formula is C22H26F2N4O3S. The Morgan fingerprint density at radius 3 is 2.16 bits per heavy atom. The highest BCUT2D eigenvalue weighted by Gasteiger charge is 2.29. The average molecular weight is 465 g/mol. The Kier molecular flexibility index (Phi) is 6.73. The Balaban J connectivity index is 1.28. The zero-order chi connectivity index (χ0) is 22.7. The van der Waals surface area contributed by atoms with Crippen LogP contribution in [0.15, 0.2) is 47.4 Å². The fraction of sp³-hybridized carbons (Fsp3) is 0.409. The van der Waals surface area contributed by atoms with Crippen molar-refractivity contribution < 1.29 is 22.0 Å². The van der Waals surface area contributed by atoms with E-state index < -0.39 is 21.7 Å². The maximum atomic E-state index is 13.4. The van der Waals surface area contributed by atoms with Gasteiger partial charge in [-0.2, -0.15) is 4.31 Å². The van der Waals surface area contributed by atoms with E-state index >= 15 is 0 Å². The minimum absolute atomic E-state index is 0.146. The monoisotopic (exact) mass is 464 g/mol. The standard InChI is InChI=1S/C22H26F2N4O3S/c23-20-8-7-19(15-21(20)24)32(30,31)28-13-11-26(12-14-28)16-22(29)25-17-3-5-18(6-4-17)27-9-1-2-10-27/h3-8,15H,1-2,9-14,16H2,(H,25,29). The number of hydrogen-bond acceptors (Lipinski definition) is 5. The number of piperazine rings is 1. The van der Waals surface area contributed by atoms with Crippen LogP contribution in [0.1, 0.15) is 12.8 Å². The number of rotatable bonds is 6. The van der Waals surface area contributed by atoms with Crippen LogP contribution in [-0.2, 0) is 14.8 Å². The summed E-state index contributed by atoms with van der Waals surface area (Å²) in [6.07, 6.45) is 2.40. The zero-order valence-corrected chi connectivity index (χ0v) is 18.5. The molecule has 2 fully saturated rings. The van der Waals surface area contributed by atoms with Gasteiger partial charge < -0.3 is 10.2 Å². The highest BCUT2D eigenvalue weighted by Crippen LogP contribution is 2.22. The van der Waals surface area contributed by atoms with Crippen molar-refractivity contribution >= 4 is 27.3 Å². The van der Waals surface area contributed by atoms with Gasteiger partial charge in [-0.05, 0) is 55.3 Å². The van der Waals surface area contributed by atoms with Gasteiger partial charge in [0.1, 0.15) is 0 Å². The van der Waals surface area contributed by atoms with E-state index in [1.165, 1.54) is 17.1 Å². The SMILES string of the molecule is O=C(CN1CCN(S(=O)(=O)c2ccc(F)c(F)c2)CC1)Nc1ccc(N2CCCC2)cc1. The number of anilines is 2. The van der Waals surface area contributed by atoms with Crippen molar-refractivity contribution in [3.63, 3.8) is 0 Å². The highest BCUT2D eigenvalue weighted by molar-refractivity contribution is 7.89. The van der Waals surface area contributed by atoms with E-state index in [4.69, 9.17) is 0 Å². The van der Waals surface area contributed by atoms with Crippen molar-refractivity contribution in [2.24, 2.45) is 0 Å². The lowest BCUT2D eigenvalue weighted by Gasteiger charge is -2.33. The molecule has 0 bridgehead atoms. The number of carbonyl (C=O) groups excluding carboxylic acids is 1. The predicted molar refractivity (Wildman–Crippen MR) is 118 cm³/mol. The molecule has 7 nitrogen and oxygen atoms in total. The lowest BCUT2D eigenvalue weighted by molar-refractivity contribution is -0.117. The molecule has 10 heteroatoms. The summed E-state index contributed by atoms with van der Waals surface area (Å²) < 4.78 is 53.2. The summed E-state index contributed by atoms with van der Waals surface area (Å²) in [7, 11) is -3.92. The van der Waals surface area contributed by atoms with Gasteiger partial charge in [0, 0.05) is 50.6 Å². The van der Waals surface area contributed by atoms with E-state index in [-0.39, 0.29) is 30.4 Å². The molecule has 1 amide bonds. The summed E-state index contributed by atoms with van der Waals surface area (Å²) in [5.41, 5.74) is 1.87. The van der Waals surface area contributed by atoms with Crippen LogP contribution in [0, 0.1) is 11.6 Å². The van der Waals surface area contributed by atoms with E-state index in [0.29, 0.717) is 19.2 Å². The molecule has 4 rings (SSSR count). The zero-order valence-electron chi connectivity index (χ0n) is 17.6. The molecule has 2 saturated heterocycles. The molecule has 0 aromatic heterocycles. The molecule has 0 unspecified atom stereocenters. The van der Waals surface area contributed by atoms with Crippen LogP contribution in [0.2, 0.25) is 0 Å². The second-order valence-corrected chi connectivity index (χ2v) is 9.98. The summed E-state index contributed by atoms with van der Waals surface area (Å²) in [5, 5.41) is 2.88. The van der Waals surface area contributed by atoms with Gasteiger partial charge >= 0.3 is 0 Å². The van der Waals surface area contributed by atoms with Crippen molar-refractivity contribution in [2.45, 2.75) is 17.7 Å². The number of nitrogens with one attached hydrogen (secondary N) is 1. The molecule has 2 heterocycles. The molecule has 0 radical (unpaired) electrons. The number of amides is 1. The molecule has 2 aromatic rings. The Bertz CT molecular complexity index is 1070. The van der Waals surface area contributed by atoms with Crippen LogP contribution in [0.5, 0.6) is 0 Å². The number of hydrogen-bond donors (Lipinski definition) is 1. The van der Waals surface area contributed by atoms with Gasteiger partial charge in [-0.25, -0.2) is 17.2 Å². The first-order chi connectivity index (χ1) is 15.3. The van der Waals surface area contributed by atoms with E-state index in [2.05, 4.69) is 10.2 Å². The summed E-state index contributed by atoms with van der Waals surface area (Å²) in [5.74, 6) is -2.46. The number of carbonyl (C=O) groups is 1. The van der Waals surface area contributed by atoms with Crippen molar-refractivity contribution in [3.05, 3.63) is 54.1 Å². The molecule has 0 saturated carbocycles. The second kappa shape index (κ2) is 9.51. The number of halogens is 2. The third-order valence-electron chi connectivity index (χ3n) is 5.85. The van der Waals surface area contributed by atoms with Crippen LogP contribution in [-0.4, -0.2) is 69.3 Å². The Morgan fingerprint density at radius 2 is 1.53 bits per heavy atom. The highest BCUT2D eigenvalue weighted by atomic mass is 32.2. The van der Waals surface area contributed by atoms with Gasteiger partial charge in [0.15, 0.2) is 11.6 Å².